The first-order valence-electron chi connectivity index (χ1n) is 10.1. The molecule has 33 heavy (non-hydrogen) atoms. The van der Waals surface area contributed by atoms with E-state index < -0.39 is 0 Å². The molecule has 4 aromatic carbocycles. The first kappa shape index (κ1) is 23.8. The van der Waals surface area contributed by atoms with Gasteiger partial charge in [0.25, 0.3) is 0 Å². The molecule has 0 unspecified atom stereocenters. The summed E-state index contributed by atoms with van der Waals surface area (Å²) in [6.45, 7) is 3.74. The molecule has 0 fully saturated rings. The molecule has 0 aliphatic heterocycles. The lowest BCUT2D eigenvalue weighted by atomic mass is 10.0. The first-order valence-corrected chi connectivity index (χ1v) is 11.2. The van der Waals surface area contributed by atoms with Gasteiger partial charge >= 0.3 is 0 Å². The molecule has 162 valence electrons. The SMILES string of the molecule is Cc1cc(-c2ccc(C#N)cc2)cc(I)c1O.Cc1cc(-c2ccc(C#N)cc2)ccc1O. The highest BCUT2D eigenvalue weighted by atomic mass is 127. The Morgan fingerprint density at radius 3 is 1.52 bits per heavy atom. The maximum atomic E-state index is 9.71. The zero-order valence-electron chi connectivity index (χ0n) is 18.2. The van der Waals surface area contributed by atoms with Gasteiger partial charge in [-0.1, -0.05) is 30.3 Å². The third-order valence-electron chi connectivity index (χ3n) is 5.15. The average Bonchev–Trinajstić information content (AvgIpc) is 2.84. The van der Waals surface area contributed by atoms with Crippen LogP contribution in [0.5, 0.6) is 11.5 Å². The fraction of sp³-hybridized carbons (Fsp3) is 0.0714. The van der Waals surface area contributed by atoms with Gasteiger partial charge in [-0.3, -0.25) is 0 Å². The Kier molecular flexibility index (Phi) is 7.71. The second kappa shape index (κ2) is 10.7. The Bertz CT molecular complexity index is 1340. The van der Waals surface area contributed by atoms with Crippen molar-refractivity contribution in [1.82, 2.24) is 0 Å². The molecule has 4 rings (SSSR count). The second-order valence-electron chi connectivity index (χ2n) is 7.50. The van der Waals surface area contributed by atoms with E-state index in [1.807, 2.05) is 62.4 Å². The molecule has 0 heterocycles. The van der Waals surface area contributed by atoms with Crippen LogP contribution < -0.4 is 0 Å². The van der Waals surface area contributed by atoms with E-state index >= 15 is 0 Å². The molecule has 0 saturated heterocycles. The Labute approximate surface area is 207 Å². The fourth-order valence-electron chi connectivity index (χ4n) is 3.21. The van der Waals surface area contributed by atoms with Crippen LogP contribution in [-0.4, -0.2) is 10.2 Å². The van der Waals surface area contributed by atoms with Crippen molar-refractivity contribution in [1.29, 1.82) is 10.5 Å². The van der Waals surface area contributed by atoms with E-state index in [4.69, 9.17) is 10.5 Å². The molecular formula is C28H21IN2O2. The summed E-state index contributed by atoms with van der Waals surface area (Å²) in [6.07, 6.45) is 0. The van der Waals surface area contributed by atoms with Gasteiger partial charge in [-0.05, 0) is 118 Å². The Hall–Kier alpha value is -3.81. The van der Waals surface area contributed by atoms with Crippen LogP contribution in [0.4, 0.5) is 0 Å². The van der Waals surface area contributed by atoms with Crippen molar-refractivity contribution in [3.05, 3.63) is 105 Å². The summed E-state index contributed by atoms with van der Waals surface area (Å²) in [5, 5.41) is 36.6. The summed E-state index contributed by atoms with van der Waals surface area (Å²) in [6, 6.07) is 28.4. The molecule has 0 amide bonds. The van der Waals surface area contributed by atoms with Gasteiger partial charge in [-0.2, -0.15) is 10.5 Å². The largest absolute Gasteiger partial charge is 0.508 e. The predicted octanol–water partition coefficient (Wildman–Crippen LogP) is 7.08. The number of hydrogen-bond acceptors (Lipinski definition) is 4. The van der Waals surface area contributed by atoms with Crippen molar-refractivity contribution in [2.45, 2.75) is 13.8 Å². The predicted molar refractivity (Wildman–Crippen MR) is 139 cm³/mol. The topological polar surface area (TPSA) is 88.0 Å². The number of nitriles is 2. The maximum Gasteiger partial charge on any atom is 0.131 e. The summed E-state index contributed by atoms with van der Waals surface area (Å²) >= 11 is 2.11. The number of phenolic OH excluding ortho intramolecular Hbond substituents is 2. The molecule has 5 heteroatoms. The normalized spacial score (nSPS) is 9.85. The molecule has 0 aliphatic carbocycles. The number of aryl methyl sites for hydroxylation is 2. The summed E-state index contributed by atoms with van der Waals surface area (Å²) in [5.74, 6) is 0.639. The minimum Gasteiger partial charge on any atom is -0.508 e. The van der Waals surface area contributed by atoms with Crippen molar-refractivity contribution < 1.29 is 10.2 Å². The summed E-state index contributed by atoms with van der Waals surface area (Å²) in [5.41, 5.74) is 7.19. The fourth-order valence-corrected chi connectivity index (χ4v) is 3.97. The minimum absolute atomic E-state index is 0.303. The highest BCUT2D eigenvalue weighted by Crippen LogP contribution is 2.30. The van der Waals surface area contributed by atoms with Crippen LogP contribution in [0.15, 0.2) is 78.9 Å². The van der Waals surface area contributed by atoms with E-state index in [1.54, 1.807) is 30.3 Å². The number of aromatic hydroxyl groups is 2. The molecule has 0 atom stereocenters. The molecule has 4 nitrogen and oxygen atoms in total. The van der Waals surface area contributed by atoms with Gasteiger partial charge in [-0.25, -0.2) is 0 Å². The Balaban J connectivity index is 0.000000186. The van der Waals surface area contributed by atoms with E-state index in [0.29, 0.717) is 22.6 Å². The lowest BCUT2D eigenvalue weighted by molar-refractivity contribution is 0.467. The van der Waals surface area contributed by atoms with E-state index in [1.165, 1.54) is 0 Å². The molecule has 0 radical (unpaired) electrons. The number of benzene rings is 4. The van der Waals surface area contributed by atoms with Crippen LogP contribution >= 0.6 is 22.6 Å². The van der Waals surface area contributed by atoms with Crippen LogP contribution in [0, 0.1) is 40.1 Å². The number of nitrogens with zero attached hydrogens (tertiary/aromatic N) is 2. The second-order valence-corrected chi connectivity index (χ2v) is 8.67. The molecule has 0 saturated carbocycles. The number of rotatable bonds is 2. The van der Waals surface area contributed by atoms with Gasteiger partial charge in [0, 0.05) is 0 Å². The number of hydrogen-bond donors (Lipinski definition) is 2. The monoisotopic (exact) mass is 544 g/mol. The van der Waals surface area contributed by atoms with Crippen molar-refractivity contribution in [3.63, 3.8) is 0 Å². The molecule has 0 aromatic heterocycles. The van der Waals surface area contributed by atoms with E-state index in [2.05, 4.69) is 34.7 Å². The summed E-state index contributed by atoms with van der Waals surface area (Å²) in [7, 11) is 0. The zero-order valence-corrected chi connectivity index (χ0v) is 20.3. The summed E-state index contributed by atoms with van der Waals surface area (Å²) < 4.78 is 0.835. The quantitative estimate of drug-likeness (QED) is 0.264. The third-order valence-corrected chi connectivity index (χ3v) is 5.97. The van der Waals surface area contributed by atoms with Gasteiger partial charge in [0.05, 0.1) is 26.8 Å². The lowest BCUT2D eigenvalue weighted by Crippen LogP contribution is -1.85. The highest BCUT2D eigenvalue weighted by Gasteiger charge is 2.06. The third kappa shape index (κ3) is 5.91. The average molecular weight is 544 g/mol. The molecule has 0 aliphatic rings. The zero-order chi connectivity index (χ0) is 24.0. The molecule has 0 bridgehead atoms. The van der Waals surface area contributed by atoms with Crippen molar-refractivity contribution in [2.75, 3.05) is 0 Å². The standard InChI is InChI=1S/C14H10INO.C14H11NO/c1-9-6-12(7-13(15)14(9)17)11-4-2-10(8-16)3-5-11;1-10-8-13(6-7-14(10)16)12-4-2-11(9-15)3-5-12/h2-7,17H,1H3;2-8,16H,1H3. The van der Waals surface area contributed by atoms with E-state index in [9.17, 15) is 10.2 Å². The Morgan fingerprint density at radius 2 is 1.06 bits per heavy atom. The molecule has 2 N–H and O–H groups in total. The number of phenols is 2. The lowest BCUT2D eigenvalue weighted by Gasteiger charge is -2.07. The van der Waals surface area contributed by atoms with Crippen LogP contribution in [0.1, 0.15) is 22.3 Å². The number of halogens is 1. The van der Waals surface area contributed by atoms with E-state index in [0.717, 1.165) is 37.0 Å². The minimum atomic E-state index is 0.303. The van der Waals surface area contributed by atoms with Crippen molar-refractivity contribution in [2.24, 2.45) is 0 Å². The first-order chi connectivity index (χ1) is 15.8. The molecular weight excluding hydrogens is 523 g/mol. The van der Waals surface area contributed by atoms with Crippen LogP contribution in [0.3, 0.4) is 0 Å². The molecule has 4 aromatic rings. The highest BCUT2D eigenvalue weighted by molar-refractivity contribution is 14.1. The van der Waals surface area contributed by atoms with Crippen LogP contribution in [0.25, 0.3) is 22.3 Å². The van der Waals surface area contributed by atoms with Crippen molar-refractivity contribution in [3.8, 4) is 45.9 Å². The van der Waals surface area contributed by atoms with Gasteiger partial charge in [0.1, 0.15) is 11.5 Å². The van der Waals surface area contributed by atoms with Crippen molar-refractivity contribution >= 4 is 22.6 Å². The Morgan fingerprint density at radius 1 is 0.606 bits per heavy atom. The summed E-state index contributed by atoms with van der Waals surface area (Å²) in [4.78, 5) is 0. The maximum absolute atomic E-state index is 9.71. The van der Waals surface area contributed by atoms with Gasteiger partial charge in [-0.15, -0.1) is 0 Å². The van der Waals surface area contributed by atoms with Gasteiger partial charge in [0.15, 0.2) is 0 Å². The smallest absolute Gasteiger partial charge is 0.131 e. The van der Waals surface area contributed by atoms with Crippen LogP contribution in [0.2, 0.25) is 0 Å². The molecule has 0 spiro atoms. The van der Waals surface area contributed by atoms with Gasteiger partial charge < -0.3 is 10.2 Å². The van der Waals surface area contributed by atoms with Gasteiger partial charge in [0.2, 0.25) is 0 Å². The van der Waals surface area contributed by atoms with E-state index in [-0.39, 0.29) is 0 Å². The van der Waals surface area contributed by atoms with Crippen LogP contribution in [-0.2, 0) is 0 Å².